The lowest BCUT2D eigenvalue weighted by molar-refractivity contribution is -0.135. The molecule has 1 heterocycles. The smallest absolute Gasteiger partial charge is 0.336 e. The number of ether oxygens (including phenoxy) is 1. The largest absolute Gasteiger partial charge is 0.462 e. The van der Waals surface area contributed by atoms with Gasteiger partial charge in [-0.3, -0.25) is 0 Å². The molecule has 0 saturated carbocycles. The Hall–Kier alpha value is -1.97. The SMILES string of the molecule is C/C(N=Nc1ccccc1)=C1/CCOC1=O. The zero-order valence-corrected chi connectivity index (χ0v) is 9.01. The Labute approximate surface area is 93.6 Å². The molecule has 1 saturated heterocycles. The molecule has 0 N–H and O–H groups in total. The van der Waals surface area contributed by atoms with E-state index in [0.29, 0.717) is 24.3 Å². The van der Waals surface area contributed by atoms with Crippen molar-refractivity contribution in [3.8, 4) is 0 Å². The van der Waals surface area contributed by atoms with E-state index < -0.39 is 0 Å². The van der Waals surface area contributed by atoms with Crippen molar-refractivity contribution in [3.63, 3.8) is 0 Å². The Bertz CT molecular complexity index is 449. The van der Waals surface area contributed by atoms with Gasteiger partial charge >= 0.3 is 5.97 Å². The van der Waals surface area contributed by atoms with Crippen molar-refractivity contribution in [2.45, 2.75) is 13.3 Å². The first-order valence-electron chi connectivity index (χ1n) is 5.11. The van der Waals surface area contributed by atoms with Crippen LogP contribution >= 0.6 is 0 Å². The summed E-state index contributed by atoms with van der Waals surface area (Å²) in [4.78, 5) is 11.2. The highest BCUT2D eigenvalue weighted by atomic mass is 16.5. The molecule has 0 amide bonds. The number of esters is 1. The molecule has 0 atom stereocenters. The van der Waals surface area contributed by atoms with Gasteiger partial charge in [0.1, 0.15) is 0 Å². The Kier molecular flexibility index (Phi) is 3.10. The number of cyclic esters (lactones) is 1. The number of nitrogens with zero attached hydrogens (tertiary/aromatic N) is 2. The van der Waals surface area contributed by atoms with Gasteiger partial charge in [-0.15, -0.1) is 0 Å². The highest BCUT2D eigenvalue weighted by Gasteiger charge is 2.21. The molecule has 0 unspecified atom stereocenters. The third-order valence-electron chi connectivity index (χ3n) is 2.34. The van der Waals surface area contributed by atoms with Crippen molar-refractivity contribution in [1.82, 2.24) is 0 Å². The number of carbonyl (C=O) groups is 1. The van der Waals surface area contributed by atoms with Crippen LogP contribution in [0.4, 0.5) is 5.69 Å². The number of benzene rings is 1. The van der Waals surface area contributed by atoms with E-state index >= 15 is 0 Å². The minimum Gasteiger partial charge on any atom is -0.462 e. The second kappa shape index (κ2) is 4.70. The predicted octanol–water partition coefficient (Wildman–Crippen LogP) is 2.99. The molecule has 16 heavy (non-hydrogen) atoms. The fraction of sp³-hybridized carbons (Fsp3) is 0.250. The van der Waals surface area contributed by atoms with Gasteiger partial charge in [0.25, 0.3) is 0 Å². The maximum Gasteiger partial charge on any atom is 0.336 e. The number of carbonyl (C=O) groups excluding carboxylic acids is 1. The molecule has 0 spiro atoms. The fourth-order valence-electron chi connectivity index (χ4n) is 1.45. The minimum absolute atomic E-state index is 0.274. The molecule has 1 aromatic carbocycles. The van der Waals surface area contributed by atoms with Crippen LogP contribution in [-0.4, -0.2) is 12.6 Å². The average Bonchev–Trinajstić information content (AvgIpc) is 2.74. The fourth-order valence-corrected chi connectivity index (χ4v) is 1.45. The highest BCUT2D eigenvalue weighted by Crippen LogP contribution is 2.20. The van der Waals surface area contributed by atoms with Crippen LogP contribution < -0.4 is 0 Å². The molecule has 1 fully saturated rings. The molecular weight excluding hydrogens is 204 g/mol. The normalized spacial score (nSPS) is 18.9. The number of hydrogen-bond acceptors (Lipinski definition) is 4. The first kappa shape index (κ1) is 10.5. The topological polar surface area (TPSA) is 51.0 Å². The van der Waals surface area contributed by atoms with E-state index in [4.69, 9.17) is 4.74 Å². The van der Waals surface area contributed by atoms with E-state index in [1.54, 1.807) is 6.92 Å². The van der Waals surface area contributed by atoms with Gasteiger partial charge in [0, 0.05) is 6.42 Å². The molecule has 4 nitrogen and oxygen atoms in total. The van der Waals surface area contributed by atoms with Crippen molar-refractivity contribution in [2.75, 3.05) is 6.61 Å². The molecule has 0 aromatic heterocycles. The molecular formula is C12H12N2O2. The zero-order chi connectivity index (χ0) is 11.4. The van der Waals surface area contributed by atoms with Crippen LogP contribution in [0.1, 0.15) is 13.3 Å². The third kappa shape index (κ3) is 2.34. The Morgan fingerprint density at radius 1 is 1.31 bits per heavy atom. The van der Waals surface area contributed by atoms with Crippen molar-refractivity contribution < 1.29 is 9.53 Å². The summed E-state index contributed by atoms with van der Waals surface area (Å²) in [6.07, 6.45) is 0.623. The number of hydrogen-bond donors (Lipinski definition) is 0. The molecule has 1 aliphatic heterocycles. The summed E-state index contributed by atoms with van der Waals surface area (Å²) in [5.74, 6) is -0.274. The van der Waals surface area contributed by atoms with Gasteiger partial charge < -0.3 is 4.74 Å². The van der Waals surface area contributed by atoms with Crippen LogP contribution in [0.25, 0.3) is 0 Å². The van der Waals surface area contributed by atoms with Crippen molar-refractivity contribution in [2.24, 2.45) is 10.2 Å². The van der Waals surface area contributed by atoms with Gasteiger partial charge in [0.05, 0.1) is 23.6 Å². The van der Waals surface area contributed by atoms with Crippen molar-refractivity contribution >= 4 is 11.7 Å². The Balaban J connectivity index is 2.16. The van der Waals surface area contributed by atoms with Crippen LogP contribution in [0.5, 0.6) is 0 Å². The maximum absolute atomic E-state index is 11.2. The van der Waals surface area contributed by atoms with Crippen LogP contribution in [-0.2, 0) is 9.53 Å². The summed E-state index contributed by atoms with van der Waals surface area (Å²) in [7, 11) is 0. The molecule has 4 heteroatoms. The zero-order valence-electron chi connectivity index (χ0n) is 9.01. The van der Waals surface area contributed by atoms with Crippen molar-refractivity contribution in [3.05, 3.63) is 41.6 Å². The monoisotopic (exact) mass is 216 g/mol. The van der Waals surface area contributed by atoms with Gasteiger partial charge in [-0.05, 0) is 19.1 Å². The van der Waals surface area contributed by atoms with Gasteiger partial charge in [-0.1, -0.05) is 18.2 Å². The summed E-state index contributed by atoms with van der Waals surface area (Å²) < 4.78 is 4.84. The lowest BCUT2D eigenvalue weighted by Gasteiger charge is -1.95. The lowest BCUT2D eigenvalue weighted by atomic mass is 10.2. The summed E-state index contributed by atoms with van der Waals surface area (Å²) in [6, 6.07) is 9.41. The minimum atomic E-state index is -0.274. The van der Waals surface area contributed by atoms with Crippen LogP contribution in [0.3, 0.4) is 0 Å². The Morgan fingerprint density at radius 3 is 2.69 bits per heavy atom. The van der Waals surface area contributed by atoms with E-state index in [1.807, 2.05) is 30.3 Å². The number of azo groups is 1. The maximum atomic E-state index is 11.2. The average molecular weight is 216 g/mol. The second-order valence-corrected chi connectivity index (χ2v) is 3.49. The van der Waals surface area contributed by atoms with E-state index in [0.717, 1.165) is 5.69 Å². The van der Waals surface area contributed by atoms with E-state index in [-0.39, 0.29) is 5.97 Å². The summed E-state index contributed by atoms with van der Waals surface area (Å²) in [5.41, 5.74) is 2.03. The van der Waals surface area contributed by atoms with Crippen molar-refractivity contribution in [1.29, 1.82) is 0 Å². The molecule has 82 valence electrons. The summed E-state index contributed by atoms with van der Waals surface area (Å²) >= 11 is 0. The lowest BCUT2D eigenvalue weighted by Crippen LogP contribution is -1.96. The van der Waals surface area contributed by atoms with E-state index in [2.05, 4.69) is 10.2 Å². The predicted molar refractivity (Wildman–Crippen MR) is 59.2 cm³/mol. The highest BCUT2D eigenvalue weighted by molar-refractivity contribution is 5.90. The van der Waals surface area contributed by atoms with Crippen LogP contribution in [0.15, 0.2) is 51.8 Å². The third-order valence-corrected chi connectivity index (χ3v) is 2.34. The number of rotatable bonds is 2. The molecule has 0 radical (unpaired) electrons. The number of allylic oxidation sites excluding steroid dienone is 1. The van der Waals surface area contributed by atoms with Crippen LogP contribution in [0.2, 0.25) is 0 Å². The van der Waals surface area contributed by atoms with Gasteiger partial charge in [0.15, 0.2) is 0 Å². The van der Waals surface area contributed by atoms with E-state index in [1.165, 1.54) is 0 Å². The van der Waals surface area contributed by atoms with Crippen LogP contribution in [0, 0.1) is 0 Å². The summed E-state index contributed by atoms with van der Waals surface area (Å²) in [6.45, 7) is 2.22. The molecule has 1 aliphatic rings. The van der Waals surface area contributed by atoms with Gasteiger partial charge in [-0.25, -0.2) is 4.79 Å². The molecule has 1 aromatic rings. The first-order chi connectivity index (χ1) is 7.77. The van der Waals surface area contributed by atoms with Gasteiger partial charge in [-0.2, -0.15) is 10.2 Å². The van der Waals surface area contributed by atoms with E-state index in [9.17, 15) is 4.79 Å². The summed E-state index contributed by atoms with van der Waals surface area (Å²) in [5, 5.41) is 8.08. The van der Waals surface area contributed by atoms with Gasteiger partial charge in [0.2, 0.25) is 0 Å². The molecule has 0 bridgehead atoms. The standard InChI is InChI=1S/C12H12N2O2/c1-9(11-7-8-16-12(11)15)13-14-10-5-3-2-4-6-10/h2-6H,7-8H2,1H3/b11-9+,14-13?. The molecule has 0 aliphatic carbocycles. The second-order valence-electron chi connectivity index (χ2n) is 3.49. The quantitative estimate of drug-likeness (QED) is 0.433. The first-order valence-corrected chi connectivity index (χ1v) is 5.11. The molecule has 2 rings (SSSR count). The Morgan fingerprint density at radius 2 is 2.06 bits per heavy atom.